The molecule has 0 unspecified atom stereocenters. The number of hydrogen-bond acceptors (Lipinski definition) is 3. The third-order valence-electron chi connectivity index (χ3n) is 3.57. The number of nitrogens with one attached hydrogen (secondary N) is 1. The third kappa shape index (κ3) is 6.67. The number of halogens is 1. The summed E-state index contributed by atoms with van der Waals surface area (Å²) < 4.78 is 11.2. The van der Waals surface area contributed by atoms with Gasteiger partial charge in [-0.15, -0.1) is 0 Å². The molecule has 5 heteroatoms. The zero-order valence-corrected chi connectivity index (χ0v) is 15.2. The zero-order valence-electron chi connectivity index (χ0n) is 14.5. The Bertz CT molecular complexity index is 675. The van der Waals surface area contributed by atoms with Crippen LogP contribution in [0.2, 0.25) is 5.02 Å². The van der Waals surface area contributed by atoms with Crippen LogP contribution in [0.1, 0.15) is 25.3 Å². The smallest absolute Gasteiger partial charge is 0.257 e. The second-order valence-corrected chi connectivity index (χ2v) is 6.04. The topological polar surface area (TPSA) is 47.6 Å². The van der Waals surface area contributed by atoms with Crippen molar-refractivity contribution in [2.24, 2.45) is 0 Å². The van der Waals surface area contributed by atoms with E-state index in [0.29, 0.717) is 23.9 Å². The van der Waals surface area contributed by atoms with Crippen molar-refractivity contribution in [2.45, 2.75) is 26.2 Å². The van der Waals surface area contributed by atoms with Crippen LogP contribution in [0.4, 0.5) is 0 Å². The highest BCUT2D eigenvalue weighted by Gasteiger charge is 2.06. The lowest BCUT2D eigenvalue weighted by Gasteiger charge is -2.11. The van der Waals surface area contributed by atoms with Crippen LogP contribution >= 0.6 is 11.6 Å². The van der Waals surface area contributed by atoms with Crippen molar-refractivity contribution >= 4 is 17.5 Å². The first-order valence-corrected chi connectivity index (χ1v) is 8.93. The summed E-state index contributed by atoms with van der Waals surface area (Å²) in [6, 6.07) is 15.1. The molecule has 0 heterocycles. The SMILES string of the molecule is CCCOc1ccccc1CCCNC(=O)COc1ccccc1Cl. The fourth-order valence-electron chi connectivity index (χ4n) is 2.33. The lowest BCUT2D eigenvalue weighted by Crippen LogP contribution is -2.30. The van der Waals surface area contributed by atoms with Gasteiger partial charge < -0.3 is 14.8 Å². The van der Waals surface area contributed by atoms with E-state index in [1.807, 2.05) is 30.3 Å². The molecule has 0 saturated heterocycles. The predicted octanol–water partition coefficient (Wildman–Crippen LogP) is 4.26. The summed E-state index contributed by atoms with van der Waals surface area (Å²) in [5.74, 6) is 1.29. The summed E-state index contributed by atoms with van der Waals surface area (Å²) >= 11 is 5.98. The average Bonchev–Trinajstić information content (AvgIpc) is 2.63. The fraction of sp³-hybridized carbons (Fsp3) is 0.350. The van der Waals surface area contributed by atoms with E-state index >= 15 is 0 Å². The normalized spacial score (nSPS) is 10.3. The molecule has 0 aromatic heterocycles. The van der Waals surface area contributed by atoms with Gasteiger partial charge in [-0.1, -0.05) is 48.9 Å². The average molecular weight is 362 g/mol. The van der Waals surface area contributed by atoms with Crippen molar-refractivity contribution in [1.29, 1.82) is 0 Å². The first kappa shape index (κ1) is 19.1. The second-order valence-electron chi connectivity index (χ2n) is 5.63. The van der Waals surface area contributed by atoms with Crippen LogP contribution in [-0.4, -0.2) is 25.7 Å². The van der Waals surface area contributed by atoms with Gasteiger partial charge in [0.25, 0.3) is 5.91 Å². The minimum Gasteiger partial charge on any atom is -0.493 e. The maximum atomic E-state index is 11.8. The molecule has 2 rings (SSSR count). The monoisotopic (exact) mass is 361 g/mol. The standard InChI is InChI=1S/C20H24ClNO3/c1-2-14-24-18-11-5-3-8-16(18)9-7-13-22-20(23)15-25-19-12-6-4-10-17(19)21/h3-6,8,10-12H,2,7,9,13-15H2,1H3,(H,22,23). The van der Waals surface area contributed by atoms with Crippen LogP contribution in [0.3, 0.4) is 0 Å². The molecule has 0 fully saturated rings. The molecule has 1 amide bonds. The van der Waals surface area contributed by atoms with E-state index in [9.17, 15) is 4.79 Å². The molecular weight excluding hydrogens is 338 g/mol. The second kappa shape index (κ2) is 10.6. The Morgan fingerprint density at radius 2 is 1.76 bits per heavy atom. The van der Waals surface area contributed by atoms with Crippen molar-refractivity contribution in [1.82, 2.24) is 5.32 Å². The lowest BCUT2D eigenvalue weighted by atomic mass is 10.1. The summed E-state index contributed by atoms with van der Waals surface area (Å²) in [6.07, 6.45) is 2.67. The number of aryl methyl sites for hydroxylation is 1. The quantitative estimate of drug-likeness (QED) is 0.643. The number of amides is 1. The number of rotatable bonds is 10. The minimum atomic E-state index is -0.157. The summed E-state index contributed by atoms with van der Waals surface area (Å²) in [6.45, 7) is 3.35. The Kier molecular flexibility index (Phi) is 8.13. The zero-order chi connectivity index (χ0) is 17.9. The molecule has 0 spiro atoms. The van der Waals surface area contributed by atoms with E-state index < -0.39 is 0 Å². The summed E-state index contributed by atoms with van der Waals surface area (Å²) in [7, 11) is 0. The van der Waals surface area contributed by atoms with Gasteiger partial charge in [0.2, 0.25) is 0 Å². The van der Waals surface area contributed by atoms with Crippen molar-refractivity contribution in [2.75, 3.05) is 19.8 Å². The number of ether oxygens (including phenoxy) is 2. The van der Waals surface area contributed by atoms with Crippen LogP contribution < -0.4 is 14.8 Å². The van der Waals surface area contributed by atoms with Gasteiger partial charge in [-0.25, -0.2) is 0 Å². The molecule has 4 nitrogen and oxygen atoms in total. The van der Waals surface area contributed by atoms with E-state index in [0.717, 1.165) is 30.6 Å². The molecule has 0 radical (unpaired) electrons. The van der Waals surface area contributed by atoms with Crippen molar-refractivity contribution in [3.63, 3.8) is 0 Å². The Hall–Kier alpha value is -2.20. The summed E-state index contributed by atoms with van der Waals surface area (Å²) in [4.78, 5) is 11.8. The molecule has 2 aromatic rings. The Morgan fingerprint density at radius 1 is 1.04 bits per heavy atom. The molecule has 134 valence electrons. The predicted molar refractivity (Wildman–Crippen MR) is 101 cm³/mol. The minimum absolute atomic E-state index is 0.0417. The number of hydrogen-bond donors (Lipinski definition) is 1. The number of carbonyl (C=O) groups excluding carboxylic acids is 1. The van der Waals surface area contributed by atoms with E-state index in [4.69, 9.17) is 21.1 Å². The van der Waals surface area contributed by atoms with Gasteiger partial charge in [-0.3, -0.25) is 4.79 Å². The molecule has 0 aliphatic rings. The maximum Gasteiger partial charge on any atom is 0.257 e. The van der Waals surface area contributed by atoms with Crippen LogP contribution in [0.25, 0.3) is 0 Å². The highest BCUT2D eigenvalue weighted by Crippen LogP contribution is 2.23. The van der Waals surface area contributed by atoms with E-state index in [1.54, 1.807) is 12.1 Å². The number of benzene rings is 2. The van der Waals surface area contributed by atoms with Gasteiger partial charge in [-0.05, 0) is 43.0 Å². The number of carbonyl (C=O) groups is 1. The van der Waals surface area contributed by atoms with E-state index in [1.165, 1.54) is 0 Å². The molecule has 0 atom stereocenters. The van der Waals surface area contributed by atoms with Gasteiger partial charge in [-0.2, -0.15) is 0 Å². The largest absolute Gasteiger partial charge is 0.493 e. The molecular formula is C20H24ClNO3. The summed E-state index contributed by atoms with van der Waals surface area (Å²) in [5, 5.41) is 3.36. The lowest BCUT2D eigenvalue weighted by molar-refractivity contribution is -0.123. The molecule has 0 aliphatic carbocycles. The van der Waals surface area contributed by atoms with Crippen molar-refractivity contribution < 1.29 is 14.3 Å². The Morgan fingerprint density at radius 3 is 2.52 bits per heavy atom. The molecule has 0 aliphatic heterocycles. The van der Waals surface area contributed by atoms with Gasteiger partial charge in [0.1, 0.15) is 11.5 Å². The first-order chi connectivity index (χ1) is 12.2. The van der Waals surface area contributed by atoms with E-state index in [2.05, 4.69) is 18.3 Å². The van der Waals surface area contributed by atoms with Crippen molar-refractivity contribution in [3.8, 4) is 11.5 Å². The first-order valence-electron chi connectivity index (χ1n) is 8.55. The van der Waals surface area contributed by atoms with E-state index in [-0.39, 0.29) is 12.5 Å². The van der Waals surface area contributed by atoms with Crippen LogP contribution in [0, 0.1) is 0 Å². The van der Waals surface area contributed by atoms with Gasteiger partial charge in [0.15, 0.2) is 6.61 Å². The molecule has 2 aromatic carbocycles. The van der Waals surface area contributed by atoms with Gasteiger partial charge in [0, 0.05) is 6.54 Å². The molecule has 0 saturated carbocycles. The van der Waals surface area contributed by atoms with Crippen LogP contribution in [-0.2, 0) is 11.2 Å². The third-order valence-corrected chi connectivity index (χ3v) is 3.89. The molecule has 0 bridgehead atoms. The number of para-hydroxylation sites is 2. The van der Waals surface area contributed by atoms with Gasteiger partial charge >= 0.3 is 0 Å². The fourth-order valence-corrected chi connectivity index (χ4v) is 2.52. The van der Waals surface area contributed by atoms with Crippen molar-refractivity contribution in [3.05, 3.63) is 59.1 Å². The maximum absolute atomic E-state index is 11.8. The van der Waals surface area contributed by atoms with Crippen LogP contribution in [0.15, 0.2) is 48.5 Å². The highest BCUT2D eigenvalue weighted by molar-refractivity contribution is 6.32. The van der Waals surface area contributed by atoms with Gasteiger partial charge in [0.05, 0.1) is 11.6 Å². The molecule has 1 N–H and O–H groups in total. The Balaban J connectivity index is 1.69. The highest BCUT2D eigenvalue weighted by atomic mass is 35.5. The Labute approximate surface area is 154 Å². The van der Waals surface area contributed by atoms with Crippen LogP contribution in [0.5, 0.6) is 11.5 Å². The molecule has 25 heavy (non-hydrogen) atoms. The summed E-state index contributed by atoms with van der Waals surface area (Å²) in [5.41, 5.74) is 1.16.